The van der Waals surface area contributed by atoms with E-state index >= 15 is 0 Å². The van der Waals surface area contributed by atoms with E-state index in [1.807, 2.05) is 0 Å². The molecule has 0 aliphatic carbocycles. The Morgan fingerprint density at radius 3 is 2.76 bits per heavy atom. The molecule has 2 N–H and O–H groups in total. The van der Waals surface area contributed by atoms with Gasteiger partial charge < -0.3 is 10.5 Å². The van der Waals surface area contributed by atoms with Crippen molar-refractivity contribution >= 4 is 11.5 Å². The molecule has 5 nitrogen and oxygen atoms in total. The van der Waals surface area contributed by atoms with E-state index in [9.17, 15) is 9.30 Å². The maximum atomic E-state index is 13.5. The van der Waals surface area contributed by atoms with Crippen molar-refractivity contribution in [3.05, 3.63) is 47.3 Å². The van der Waals surface area contributed by atoms with Crippen molar-refractivity contribution in [3.8, 4) is 11.5 Å². The molecule has 0 aliphatic heterocycles. The lowest BCUT2D eigenvalue weighted by Gasteiger charge is -2.06. The summed E-state index contributed by atoms with van der Waals surface area (Å²) in [5.74, 6) is -0.0437. The van der Waals surface area contributed by atoms with Crippen LogP contribution in [0, 0.1) is 10.7 Å². The molecular weight excluding hydrogens is 225 g/mol. The van der Waals surface area contributed by atoms with Crippen LogP contribution < -0.4 is 10.5 Å². The molecule has 0 bridgehead atoms. The maximum absolute atomic E-state index is 13.5. The first-order valence-corrected chi connectivity index (χ1v) is 4.71. The van der Waals surface area contributed by atoms with Gasteiger partial charge in [-0.1, -0.05) is 0 Å². The summed E-state index contributed by atoms with van der Waals surface area (Å²) in [6.45, 7) is 0. The molecule has 2 aromatic rings. The molecule has 17 heavy (non-hydrogen) atoms. The fourth-order valence-corrected chi connectivity index (χ4v) is 1.25. The highest BCUT2D eigenvalue weighted by Gasteiger charge is 2.06. The van der Waals surface area contributed by atoms with Crippen molar-refractivity contribution in [2.24, 2.45) is 5.18 Å². The van der Waals surface area contributed by atoms with Crippen LogP contribution in [0.25, 0.3) is 0 Å². The van der Waals surface area contributed by atoms with Crippen LogP contribution in [0.3, 0.4) is 0 Å². The minimum absolute atomic E-state index is 0.00379. The van der Waals surface area contributed by atoms with Gasteiger partial charge in [0.1, 0.15) is 17.3 Å². The van der Waals surface area contributed by atoms with Crippen molar-refractivity contribution in [3.63, 3.8) is 0 Å². The van der Waals surface area contributed by atoms with E-state index in [-0.39, 0.29) is 17.3 Å². The van der Waals surface area contributed by atoms with Gasteiger partial charge in [0, 0.05) is 18.3 Å². The normalized spacial score (nSPS) is 9.94. The van der Waals surface area contributed by atoms with Crippen LogP contribution in [-0.2, 0) is 0 Å². The second kappa shape index (κ2) is 4.56. The summed E-state index contributed by atoms with van der Waals surface area (Å²) >= 11 is 0. The Balaban J connectivity index is 2.27. The minimum Gasteiger partial charge on any atom is -0.454 e. The van der Waals surface area contributed by atoms with Gasteiger partial charge in [0.25, 0.3) is 0 Å². The highest BCUT2D eigenvalue weighted by molar-refractivity contribution is 5.44. The highest BCUT2D eigenvalue weighted by Crippen LogP contribution is 2.27. The van der Waals surface area contributed by atoms with Gasteiger partial charge in [-0.2, -0.15) is 0 Å². The van der Waals surface area contributed by atoms with E-state index < -0.39 is 5.82 Å². The first-order valence-electron chi connectivity index (χ1n) is 4.71. The van der Waals surface area contributed by atoms with Gasteiger partial charge in [0.2, 0.25) is 0 Å². The first kappa shape index (κ1) is 11.0. The summed E-state index contributed by atoms with van der Waals surface area (Å²) in [6.07, 6.45) is 1.45. The average molecular weight is 233 g/mol. The molecule has 2 rings (SSSR count). The number of nitrogen functional groups attached to an aromatic ring is 1. The lowest BCUT2D eigenvalue weighted by atomic mass is 10.3. The molecule has 0 unspecified atom stereocenters. The van der Waals surface area contributed by atoms with E-state index in [0.29, 0.717) is 5.75 Å². The number of aromatic nitrogens is 1. The van der Waals surface area contributed by atoms with E-state index in [2.05, 4.69) is 10.2 Å². The third kappa shape index (κ3) is 2.54. The minimum atomic E-state index is -0.669. The van der Waals surface area contributed by atoms with Crippen LogP contribution in [0.2, 0.25) is 0 Å². The number of nitrogens with zero attached hydrogens (tertiary/aromatic N) is 2. The Bertz CT molecular complexity index is 560. The van der Waals surface area contributed by atoms with E-state index in [4.69, 9.17) is 10.5 Å². The number of hydrogen-bond acceptors (Lipinski definition) is 5. The van der Waals surface area contributed by atoms with Gasteiger partial charge in [-0.05, 0) is 23.4 Å². The molecule has 1 aromatic heterocycles. The second-order valence-corrected chi connectivity index (χ2v) is 3.22. The topological polar surface area (TPSA) is 77.6 Å². The van der Waals surface area contributed by atoms with Crippen molar-refractivity contribution in [2.75, 3.05) is 5.73 Å². The lowest BCUT2D eigenvalue weighted by Crippen LogP contribution is -1.92. The summed E-state index contributed by atoms with van der Waals surface area (Å²) in [4.78, 5) is 14.0. The Morgan fingerprint density at radius 1 is 1.29 bits per heavy atom. The van der Waals surface area contributed by atoms with Gasteiger partial charge in [0.15, 0.2) is 11.6 Å². The lowest BCUT2D eigenvalue weighted by molar-refractivity contribution is 0.442. The summed E-state index contributed by atoms with van der Waals surface area (Å²) in [5, 5.41) is 2.62. The van der Waals surface area contributed by atoms with Gasteiger partial charge in [0.05, 0.1) is 0 Å². The van der Waals surface area contributed by atoms with Gasteiger partial charge in [-0.3, -0.25) is 0 Å². The van der Waals surface area contributed by atoms with Crippen molar-refractivity contribution in [1.82, 2.24) is 4.98 Å². The Hall–Kier alpha value is -2.50. The zero-order valence-corrected chi connectivity index (χ0v) is 8.63. The van der Waals surface area contributed by atoms with Crippen molar-refractivity contribution < 1.29 is 9.13 Å². The smallest absolute Gasteiger partial charge is 0.167 e. The van der Waals surface area contributed by atoms with Gasteiger partial charge in [-0.15, -0.1) is 4.91 Å². The molecule has 0 spiro atoms. The molecule has 1 aromatic carbocycles. The monoisotopic (exact) mass is 233 g/mol. The van der Waals surface area contributed by atoms with Gasteiger partial charge >= 0.3 is 0 Å². The molecule has 0 aliphatic rings. The number of hydrogen-bond donors (Lipinski definition) is 1. The van der Waals surface area contributed by atoms with Crippen LogP contribution in [0.15, 0.2) is 41.7 Å². The van der Waals surface area contributed by atoms with Crippen LogP contribution >= 0.6 is 0 Å². The van der Waals surface area contributed by atoms with Crippen molar-refractivity contribution in [2.45, 2.75) is 0 Å². The maximum Gasteiger partial charge on any atom is 0.167 e. The zero-order chi connectivity index (χ0) is 12.3. The molecule has 0 atom stereocenters. The molecule has 0 radical (unpaired) electrons. The average Bonchev–Trinajstić information content (AvgIpc) is 2.32. The molecular formula is C11H8FN3O2. The molecule has 0 saturated carbocycles. The van der Waals surface area contributed by atoms with Crippen LogP contribution in [0.1, 0.15) is 0 Å². The predicted octanol–water partition coefficient (Wildman–Crippen LogP) is 2.99. The Labute approximate surface area is 96.0 Å². The molecule has 1 heterocycles. The quantitative estimate of drug-likeness (QED) is 0.826. The fraction of sp³-hybridized carbons (Fsp3) is 0. The third-order valence-electron chi connectivity index (χ3n) is 2.00. The zero-order valence-electron chi connectivity index (χ0n) is 8.63. The highest BCUT2D eigenvalue weighted by atomic mass is 19.1. The van der Waals surface area contributed by atoms with E-state index in [1.165, 1.54) is 24.4 Å². The number of halogens is 1. The molecule has 6 heteroatoms. The van der Waals surface area contributed by atoms with Crippen LogP contribution in [0.4, 0.5) is 15.9 Å². The van der Waals surface area contributed by atoms with Crippen LogP contribution in [0.5, 0.6) is 11.5 Å². The number of ether oxygens (including phenoxy) is 1. The summed E-state index contributed by atoms with van der Waals surface area (Å²) in [7, 11) is 0. The molecule has 0 saturated heterocycles. The SMILES string of the molecule is Nc1cc(Oc2ccc(N=O)cc2F)ccn1. The first-order chi connectivity index (χ1) is 8.19. The molecule has 86 valence electrons. The summed E-state index contributed by atoms with van der Waals surface area (Å²) in [6, 6.07) is 6.68. The number of pyridine rings is 1. The number of rotatable bonds is 3. The Kier molecular flexibility index (Phi) is 2.95. The van der Waals surface area contributed by atoms with E-state index in [1.54, 1.807) is 6.07 Å². The van der Waals surface area contributed by atoms with E-state index in [0.717, 1.165) is 6.07 Å². The van der Waals surface area contributed by atoms with Crippen molar-refractivity contribution in [1.29, 1.82) is 0 Å². The largest absolute Gasteiger partial charge is 0.454 e. The summed E-state index contributed by atoms with van der Waals surface area (Å²) < 4.78 is 18.7. The number of nitroso groups, excluding NO2 is 1. The second-order valence-electron chi connectivity index (χ2n) is 3.22. The molecule has 0 fully saturated rings. The fourth-order valence-electron chi connectivity index (χ4n) is 1.25. The summed E-state index contributed by atoms with van der Waals surface area (Å²) in [5.41, 5.74) is 5.46. The third-order valence-corrected chi connectivity index (χ3v) is 2.00. The Morgan fingerprint density at radius 2 is 2.12 bits per heavy atom. The number of anilines is 1. The standard InChI is InChI=1S/C11H8FN3O2/c12-9-5-7(15-16)1-2-10(9)17-8-3-4-14-11(13)6-8/h1-6H,(H2,13,14). The molecule has 0 amide bonds. The predicted molar refractivity (Wildman–Crippen MR) is 60.6 cm³/mol. The number of nitrogens with two attached hydrogens (primary N) is 1. The van der Waals surface area contributed by atoms with Gasteiger partial charge in [-0.25, -0.2) is 9.37 Å². The van der Waals surface area contributed by atoms with Crippen LogP contribution in [-0.4, -0.2) is 4.98 Å². The number of benzene rings is 1.